The summed E-state index contributed by atoms with van der Waals surface area (Å²) in [5.41, 5.74) is 1.66. The van der Waals surface area contributed by atoms with Crippen LogP contribution in [0.25, 0.3) is 0 Å². The van der Waals surface area contributed by atoms with E-state index in [2.05, 4.69) is 13.0 Å². The standard InChI is InChI=1S/C13H17ClOS/c1-9-3-4-11(12(14)5-9)7-13(15)6-10(2)16-8-13/h3-5,10,15H,6-8H2,1-2H3. The van der Waals surface area contributed by atoms with Gasteiger partial charge in [0.2, 0.25) is 0 Å². The lowest BCUT2D eigenvalue weighted by Crippen LogP contribution is -2.31. The number of hydrogen-bond donors (Lipinski definition) is 1. The van der Waals surface area contributed by atoms with E-state index in [-0.39, 0.29) is 0 Å². The minimum atomic E-state index is -0.566. The molecule has 0 aliphatic carbocycles. The van der Waals surface area contributed by atoms with Crippen LogP contribution in [0.4, 0.5) is 0 Å². The van der Waals surface area contributed by atoms with Crippen LogP contribution in [0.2, 0.25) is 5.02 Å². The number of benzene rings is 1. The van der Waals surface area contributed by atoms with Crippen LogP contribution in [-0.4, -0.2) is 21.7 Å². The molecule has 0 spiro atoms. The molecule has 1 aromatic carbocycles. The quantitative estimate of drug-likeness (QED) is 0.875. The van der Waals surface area contributed by atoms with Crippen LogP contribution in [0.1, 0.15) is 24.5 Å². The van der Waals surface area contributed by atoms with Gasteiger partial charge >= 0.3 is 0 Å². The van der Waals surface area contributed by atoms with Crippen molar-refractivity contribution in [3.05, 3.63) is 34.3 Å². The maximum Gasteiger partial charge on any atom is 0.0788 e. The number of aliphatic hydroxyl groups is 1. The summed E-state index contributed by atoms with van der Waals surface area (Å²) >= 11 is 8.03. The summed E-state index contributed by atoms with van der Waals surface area (Å²) < 4.78 is 0. The van der Waals surface area contributed by atoms with Crippen molar-refractivity contribution in [2.24, 2.45) is 0 Å². The Morgan fingerprint density at radius 3 is 2.88 bits per heavy atom. The second-order valence-electron chi connectivity index (χ2n) is 4.82. The number of halogens is 1. The van der Waals surface area contributed by atoms with Crippen LogP contribution >= 0.6 is 23.4 Å². The molecule has 1 aliphatic rings. The molecule has 1 nitrogen and oxygen atoms in total. The number of hydrogen-bond acceptors (Lipinski definition) is 2. The van der Waals surface area contributed by atoms with Gasteiger partial charge in [-0.25, -0.2) is 0 Å². The zero-order chi connectivity index (χ0) is 11.8. The molecule has 1 fully saturated rings. The number of aryl methyl sites for hydroxylation is 1. The average molecular weight is 257 g/mol. The molecule has 2 rings (SSSR count). The Hall–Kier alpha value is -0.180. The zero-order valence-corrected chi connectivity index (χ0v) is 11.2. The highest BCUT2D eigenvalue weighted by molar-refractivity contribution is 8.00. The van der Waals surface area contributed by atoms with E-state index < -0.39 is 5.60 Å². The molecule has 0 radical (unpaired) electrons. The summed E-state index contributed by atoms with van der Waals surface area (Å²) in [6.45, 7) is 4.19. The van der Waals surface area contributed by atoms with Crippen molar-refractivity contribution in [3.63, 3.8) is 0 Å². The molecule has 1 saturated heterocycles. The summed E-state index contributed by atoms with van der Waals surface area (Å²) in [6.07, 6.45) is 1.53. The number of rotatable bonds is 2. The smallest absolute Gasteiger partial charge is 0.0788 e. The molecule has 0 bridgehead atoms. The van der Waals surface area contributed by atoms with Gasteiger partial charge in [-0.15, -0.1) is 0 Å². The Balaban J connectivity index is 2.14. The minimum Gasteiger partial charge on any atom is -0.389 e. The van der Waals surface area contributed by atoms with Crippen LogP contribution in [-0.2, 0) is 6.42 Å². The van der Waals surface area contributed by atoms with Gasteiger partial charge in [0, 0.05) is 22.4 Å². The molecule has 3 heteroatoms. The summed E-state index contributed by atoms with van der Waals surface area (Å²) in [5.74, 6) is 0.818. The van der Waals surface area contributed by atoms with Crippen molar-refractivity contribution in [1.82, 2.24) is 0 Å². The van der Waals surface area contributed by atoms with Crippen molar-refractivity contribution in [1.29, 1.82) is 0 Å². The lowest BCUT2D eigenvalue weighted by molar-refractivity contribution is 0.0643. The van der Waals surface area contributed by atoms with E-state index in [4.69, 9.17) is 11.6 Å². The van der Waals surface area contributed by atoms with Crippen LogP contribution in [0, 0.1) is 6.92 Å². The van der Waals surface area contributed by atoms with Crippen molar-refractivity contribution < 1.29 is 5.11 Å². The Bertz CT molecular complexity index is 394. The van der Waals surface area contributed by atoms with Gasteiger partial charge in [-0.1, -0.05) is 30.7 Å². The first-order valence-corrected chi connectivity index (χ1v) is 7.00. The summed E-state index contributed by atoms with van der Waals surface area (Å²) in [5, 5.41) is 11.8. The summed E-state index contributed by atoms with van der Waals surface area (Å²) in [7, 11) is 0. The first kappa shape index (κ1) is 12.3. The fourth-order valence-corrected chi connectivity index (χ4v) is 3.77. The summed E-state index contributed by atoms with van der Waals surface area (Å²) in [6, 6.07) is 6.05. The predicted molar refractivity (Wildman–Crippen MR) is 71.4 cm³/mol. The molecule has 88 valence electrons. The normalized spacial score (nSPS) is 29.6. The Labute approximate surface area is 106 Å². The third-order valence-electron chi connectivity index (χ3n) is 3.03. The number of thioether (sulfide) groups is 1. The molecule has 2 unspecified atom stereocenters. The van der Waals surface area contributed by atoms with E-state index in [0.717, 1.165) is 28.3 Å². The van der Waals surface area contributed by atoms with E-state index in [1.807, 2.05) is 30.8 Å². The fourth-order valence-electron chi connectivity index (χ4n) is 2.22. The van der Waals surface area contributed by atoms with E-state index >= 15 is 0 Å². The average Bonchev–Trinajstić information content (AvgIpc) is 2.52. The van der Waals surface area contributed by atoms with Gasteiger partial charge in [0.25, 0.3) is 0 Å². The third kappa shape index (κ3) is 2.73. The van der Waals surface area contributed by atoms with Crippen molar-refractivity contribution in [3.8, 4) is 0 Å². The van der Waals surface area contributed by atoms with E-state index in [1.165, 1.54) is 0 Å². The van der Waals surface area contributed by atoms with Crippen LogP contribution in [0.3, 0.4) is 0 Å². The van der Waals surface area contributed by atoms with E-state index in [9.17, 15) is 5.11 Å². The molecule has 2 atom stereocenters. The molecule has 1 heterocycles. The molecule has 16 heavy (non-hydrogen) atoms. The van der Waals surface area contributed by atoms with Gasteiger partial charge in [-0.2, -0.15) is 11.8 Å². The largest absolute Gasteiger partial charge is 0.389 e. The molecule has 1 aliphatic heterocycles. The van der Waals surface area contributed by atoms with Crippen LogP contribution in [0.5, 0.6) is 0 Å². The maximum absolute atomic E-state index is 10.4. The Morgan fingerprint density at radius 2 is 2.31 bits per heavy atom. The monoisotopic (exact) mass is 256 g/mol. The van der Waals surface area contributed by atoms with Gasteiger partial charge in [0.15, 0.2) is 0 Å². The van der Waals surface area contributed by atoms with E-state index in [0.29, 0.717) is 11.7 Å². The Morgan fingerprint density at radius 1 is 1.56 bits per heavy atom. The van der Waals surface area contributed by atoms with Gasteiger partial charge in [0.05, 0.1) is 5.60 Å². The molecule has 1 N–H and O–H groups in total. The molecule has 0 aromatic heterocycles. The van der Waals surface area contributed by atoms with Gasteiger partial charge in [-0.05, 0) is 30.5 Å². The van der Waals surface area contributed by atoms with Crippen molar-refractivity contribution >= 4 is 23.4 Å². The van der Waals surface area contributed by atoms with Crippen LogP contribution < -0.4 is 0 Å². The fraction of sp³-hybridized carbons (Fsp3) is 0.538. The highest BCUT2D eigenvalue weighted by Gasteiger charge is 2.36. The van der Waals surface area contributed by atoms with Crippen LogP contribution in [0.15, 0.2) is 18.2 Å². The predicted octanol–water partition coefficient (Wildman–Crippen LogP) is 3.45. The molecular formula is C13H17ClOS. The molecule has 1 aromatic rings. The topological polar surface area (TPSA) is 20.2 Å². The second kappa shape index (κ2) is 4.59. The van der Waals surface area contributed by atoms with Gasteiger partial charge in [0.1, 0.15) is 0 Å². The highest BCUT2D eigenvalue weighted by Crippen LogP contribution is 2.37. The van der Waals surface area contributed by atoms with Crippen molar-refractivity contribution in [2.45, 2.75) is 37.5 Å². The lowest BCUT2D eigenvalue weighted by Gasteiger charge is -2.22. The SMILES string of the molecule is Cc1ccc(CC2(O)CSC(C)C2)c(Cl)c1. The zero-order valence-electron chi connectivity index (χ0n) is 9.66. The first-order valence-electron chi connectivity index (χ1n) is 5.57. The Kier molecular flexibility index (Phi) is 3.53. The molecule has 0 amide bonds. The van der Waals surface area contributed by atoms with Gasteiger partial charge < -0.3 is 5.11 Å². The van der Waals surface area contributed by atoms with E-state index in [1.54, 1.807) is 0 Å². The molecule has 0 saturated carbocycles. The minimum absolute atomic E-state index is 0.550. The maximum atomic E-state index is 10.4. The van der Waals surface area contributed by atoms with Crippen molar-refractivity contribution in [2.75, 3.05) is 5.75 Å². The first-order chi connectivity index (χ1) is 7.48. The summed E-state index contributed by atoms with van der Waals surface area (Å²) in [4.78, 5) is 0. The third-order valence-corrected chi connectivity index (χ3v) is 4.82. The highest BCUT2D eigenvalue weighted by atomic mass is 35.5. The second-order valence-corrected chi connectivity index (χ2v) is 6.66. The lowest BCUT2D eigenvalue weighted by atomic mass is 9.92. The molecular weight excluding hydrogens is 240 g/mol. The van der Waals surface area contributed by atoms with Gasteiger partial charge in [-0.3, -0.25) is 0 Å².